The second-order valence-electron chi connectivity index (χ2n) is 3.28. The van der Waals surface area contributed by atoms with Crippen LogP contribution in [0.1, 0.15) is 23.7 Å². The lowest BCUT2D eigenvalue weighted by molar-refractivity contribution is 0.170. The zero-order valence-electron chi connectivity index (χ0n) is 7.46. The number of fused-ring (bicyclic) bond motifs is 1. The molecule has 0 aromatic heterocycles. The summed E-state index contributed by atoms with van der Waals surface area (Å²) in [6.07, 6.45) is -0.117. The van der Waals surface area contributed by atoms with Crippen LogP contribution in [0, 0.1) is 5.82 Å². The summed E-state index contributed by atoms with van der Waals surface area (Å²) in [5.41, 5.74) is 1.14. The summed E-state index contributed by atoms with van der Waals surface area (Å²) in [6.45, 7) is 0. The van der Waals surface area contributed by atoms with Crippen LogP contribution < -0.4 is 0 Å². The van der Waals surface area contributed by atoms with Crippen molar-refractivity contribution in [3.63, 3.8) is 0 Å². The summed E-state index contributed by atoms with van der Waals surface area (Å²) in [5.74, 6) is 1.17. The average Bonchev–Trinajstić information content (AvgIpc) is 2.35. The number of aliphatic hydroxyl groups excluding tert-OH is 1. The average molecular weight is 233 g/mol. The van der Waals surface area contributed by atoms with Crippen LogP contribution in [-0.4, -0.2) is 10.9 Å². The Balaban J connectivity index is 2.57. The van der Waals surface area contributed by atoms with Crippen molar-refractivity contribution < 1.29 is 9.50 Å². The molecule has 1 aliphatic rings. The first-order valence-electron chi connectivity index (χ1n) is 4.42. The lowest BCUT2D eigenvalue weighted by atomic mass is 10.0. The van der Waals surface area contributed by atoms with Crippen LogP contribution in [0.15, 0.2) is 12.1 Å². The van der Waals surface area contributed by atoms with E-state index in [1.165, 1.54) is 6.07 Å². The van der Waals surface area contributed by atoms with Gasteiger partial charge in [0, 0.05) is 16.3 Å². The Morgan fingerprint density at radius 1 is 1.50 bits per heavy atom. The fraction of sp³-hybridized carbons (Fsp3) is 0.400. The minimum absolute atomic E-state index is 0.348. The number of halogens is 2. The Morgan fingerprint density at radius 3 is 3.07 bits per heavy atom. The molecular weight excluding hydrogens is 223 g/mol. The van der Waals surface area contributed by atoms with Crippen LogP contribution in [0.3, 0.4) is 0 Å². The van der Waals surface area contributed by atoms with Gasteiger partial charge in [-0.2, -0.15) is 11.8 Å². The molecule has 1 nitrogen and oxygen atoms in total. The molecule has 0 radical (unpaired) electrons. The summed E-state index contributed by atoms with van der Waals surface area (Å²) in [6, 6.07) is 2.87. The van der Waals surface area contributed by atoms with E-state index in [4.69, 9.17) is 11.6 Å². The Kier molecular flexibility index (Phi) is 3.00. The van der Waals surface area contributed by atoms with Crippen LogP contribution in [0.25, 0.3) is 0 Å². The van der Waals surface area contributed by atoms with Crippen molar-refractivity contribution in [2.45, 2.75) is 18.3 Å². The van der Waals surface area contributed by atoms with E-state index in [1.807, 2.05) is 0 Å². The minimum atomic E-state index is -0.710. The van der Waals surface area contributed by atoms with E-state index in [9.17, 15) is 9.50 Å². The first kappa shape index (κ1) is 10.3. The molecule has 0 aliphatic carbocycles. The lowest BCUT2D eigenvalue weighted by Crippen LogP contribution is -2.03. The summed E-state index contributed by atoms with van der Waals surface area (Å²) in [7, 11) is 0. The lowest BCUT2D eigenvalue weighted by Gasteiger charge is -2.13. The van der Waals surface area contributed by atoms with Gasteiger partial charge in [-0.25, -0.2) is 4.39 Å². The first-order valence-corrected chi connectivity index (χ1v) is 5.96. The van der Waals surface area contributed by atoms with Crippen molar-refractivity contribution in [2.75, 3.05) is 5.75 Å². The van der Waals surface area contributed by atoms with E-state index >= 15 is 0 Å². The summed E-state index contributed by atoms with van der Waals surface area (Å²) in [5, 5.41) is 10.3. The highest BCUT2D eigenvalue weighted by atomic mass is 35.5. The molecule has 14 heavy (non-hydrogen) atoms. The van der Waals surface area contributed by atoms with Crippen molar-refractivity contribution in [3.8, 4) is 0 Å². The van der Waals surface area contributed by atoms with Crippen molar-refractivity contribution in [2.24, 2.45) is 0 Å². The fourth-order valence-electron chi connectivity index (χ4n) is 1.63. The van der Waals surface area contributed by atoms with Gasteiger partial charge >= 0.3 is 0 Å². The van der Waals surface area contributed by atoms with Crippen LogP contribution in [0.2, 0.25) is 5.02 Å². The Morgan fingerprint density at radius 2 is 2.29 bits per heavy atom. The number of rotatable bonds is 0. The van der Waals surface area contributed by atoms with Gasteiger partial charge in [0.15, 0.2) is 0 Å². The molecule has 1 aliphatic heterocycles. The first-order chi connectivity index (χ1) is 6.70. The van der Waals surface area contributed by atoms with Crippen molar-refractivity contribution >= 4 is 23.4 Å². The Bertz CT molecular complexity index is 356. The fourth-order valence-corrected chi connectivity index (χ4v) is 2.99. The maximum absolute atomic E-state index is 13.5. The molecule has 0 amide bonds. The molecule has 1 N–H and O–H groups in total. The third-order valence-electron chi connectivity index (χ3n) is 2.36. The Labute approximate surface area is 91.3 Å². The number of aliphatic hydroxyl groups is 1. The smallest absolute Gasteiger partial charge is 0.129 e. The van der Waals surface area contributed by atoms with Gasteiger partial charge in [-0.3, -0.25) is 0 Å². The molecular formula is C10H10ClFOS. The minimum Gasteiger partial charge on any atom is -0.388 e. The standard InChI is InChI=1S/C10H10ClFOS/c11-7-1-2-8(12)10-6(7)5-14-4-3-9(10)13/h1-2,9,13H,3-5H2/t9-/m1/s1. The summed E-state index contributed by atoms with van der Waals surface area (Å²) in [4.78, 5) is 0. The number of benzene rings is 1. The monoisotopic (exact) mass is 232 g/mol. The van der Waals surface area contributed by atoms with Crippen LogP contribution in [0.4, 0.5) is 4.39 Å². The molecule has 0 fully saturated rings. The normalized spacial score (nSPS) is 21.5. The second kappa shape index (κ2) is 4.09. The molecule has 0 saturated carbocycles. The third kappa shape index (κ3) is 1.76. The van der Waals surface area contributed by atoms with Gasteiger partial charge in [0.25, 0.3) is 0 Å². The van der Waals surface area contributed by atoms with Crippen molar-refractivity contribution in [3.05, 3.63) is 34.1 Å². The van der Waals surface area contributed by atoms with Crippen LogP contribution in [-0.2, 0) is 5.75 Å². The molecule has 0 saturated heterocycles. The molecule has 0 spiro atoms. The highest BCUT2D eigenvalue weighted by Gasteiger charge is 2.22. The molecule has 1 heterocycles. The zero-order chi connectivity index (χ0) is 10.1. The molecule has 1 atom stereocenters. The largest absolute Gasteiger partial charge is 0.388 e. The zero-order valence-corrected chi connectivity index (χ0v) is 9.04. The summed E-state index contributed by atoms with van der Waals surface area (Å²) < 4.78 is 13.5. The van der Waals surface area contributed by atoms with Gasteiger partial charge in [0.05, 0.1) is 6.10 Å². The Hall–Kier alpha value is -0.250. The maximum Gasteiger partial charge on any atom is 0.129 e. The number of hydrogen-bond donors (Lipinski definition) is 1. The SMILES string of the molecule is O[C@@H]1CCSCc2c(Cl)ccc(F)c21. The number of hydrogen-bond acceptors (Lipinski definition) is 2. The van der Waals surface area contributed by atoms with Gasteiger partial charge in [0.1, 0.15) is 5.82 Å². The van der Waals surface area contributed by atoms with E-state index in [0.29, 0.717) is 22.8 Å². The van der Waals surface area contributed by atoms with E-state index in [2.05, 4.69) is 0 Å². The molecule has 1 aromatic carbocycles. The van der Waals surface area contributed by atoms with E-state index < -0.39 is 6.10 Å². The van der Waals surface area contributed by atoms with Gasteiger partial charge < -0.3 is 5.11 Å². The van der Waals surface area contributed by atoms with Gasteiger partial charge in [-0.05, 0) is 29.9 Å². The van der Waals surface area contributed by atoms with Crippen LogP contribution >= 0.6 is 23.4 Å². The predicted octanol–water partition coefficient (Wildman–Crippen LogP) is 3.15. The highest BCUT2D eigenvalue weighted by Crippen LogP contribution is 2.36. The molecule has 76 valence electrons. The number of thioether (sulfide) groups is 1. The molecule has 2 rings (SSSR count). The van der Waals surface area contributed by atoms with Gasteiger partial charge in [-0.15, -0.1) is 0 Å². The predicted molar refractivity (Wildman–Crippen MR) is 57.1 cm³/mol. The van der Waals surface area contributed by atoms with Gasteiger partial charge in [0.2, 0.25) is 0 Å². The molecule has 0 unspecified atom stereocenters. The summed E-state index contributed by atoms with van der Waals surface area (Å²) >= 11 is 7.63. The molecule has 4 heteroatoms. The quantitative estimate of drug-likeness (QED) is 0.742. The van der Waals surface area contributed by atoms with E-state index in [-0.39, 0.29) is 5.82 Å². The second-order valence-corrected chi connectivity index (χ2v) is 4.79. The maximum atomic E-state index is 13.5. The third-order valence-corrected chi connectivity index (χ3v) is 3.73. The van der Waals surface area contributed by atoms with Gasteiger partial charge in [-0.1, -0.05) is 11.6 Å². The molecule has 0 bridgehead atoms. The van der Waals surface area contributed by atoms with Crippen LogP contribution in [0.5, 0.6) is 0 Å². The van der Waals surface area contributed by atoms with E-state index in [0.717, 1.165) is 11.3 Å². The highest BCUT2D eigenvalue weighted by molar-refractivity contribution is 7.98. The van der Waals surface area contributed by atoms with Crippen molar-refractivity contribution in [1.82, 2.24) is 0 Å². The topological polar surface area (TPSA) is 20.2 Å². The molecule has 1 aromatic rings. The van der Waals surface area contributed by atoms with Crippen molar-refractivity contribution in [1.29, 1.82) is 0 Å². The van der Waals surface area contributed by atoms with E-state index in [1.54, 1.807) is 17.8 Å².